The summed E-state index contributed by atoms with van der Waals surface area (Å²) in [4.78, 5) is 35.3. The first-order valence-electron chi connectivity index (χ1n) is 10.8. The van der Waals surface area contributed by atoms with E-state index in [4.69, 9.17) is 14.2 Å². The highest BCUT2D eigenvalue weighted by Crippen LogP contribution is 2.37. The third kappa shape index (κ3) is 5.74. The number of anilines is 1. The van der Waals surface area contributed by atoms with E-state index in [1.54, 1.807) is 12.3 Å². The van der Waals surface area contributed by atoms with Gasteiger partial charge in [0.1, 0.15) is 23.9 Å². The van der Waals surface area contributed by atoms with Gasteiger partial charge in [-0.15, -0.1) is 11.3 Å². The van der Waals surface area contributed by atoms with Gasteiger partial charge in [0.15, 0.2) is 6.61 Å². The van der Waals surface area contributed by atoms with Crippen molar-refractivity contribution in [3.05, 3.63) is 48.0 Å². The second-order valence-electron chi connectivity index (χ2n) is 7.39. The smallest absolute Gasteiger partial charge is 0.326 e. The number of pyridine rings is 1. The first-order valence-corrected chi connectivity index (χ1v) is 11.7. The summed E-state index contributed by atoms with van der Waals surface area (Å²) in [6, 6.07) is 11.2. The molecular weight excluding hydrogens is 442 g/mol. The molecule has 0 unspecified atom stereocenters. The SMILES string of the molecule is CCCCOCCOC(=O)CN1C(=O)COc2ccc(-c3csc(-c4ccccn4)n3)cc21. The van der Waals surface area contributed by atoms with Gasteiger partial charge in [-0.3, -0.25) is 19.5 Å². The quantitative estimate of drug-likeness (QED) is 0.329. The zero-order valence-electron chi connectivity index (χ0n) is 18.4. The van der Waals surface area contributed by atoms with Crippen LogP contribution in [0.4, 0.5) is 5.69 Å². The van der Waals surface area contributed by atoms with Crippen LogP contribution in [0.15, 0.2) is 48.0 Å². The fourth-order valence-corrected chi connectivity index (χ4v) is 4.09. The van der Waals surface area contributed by atoms with Crippen molar-refractivity contribution in [2.24, 2.45) is 0 Å². The number of unbranched alkanes of at least 4 members (excludes halogenated alkanes) is 1. The molecule has 2 aromatic heterocycles. The molecule has 0 spiro atoms. The molecule has 1 amide bonds. The number of benzene rings is 1. The number of hydrogen-bond donors (Lipinski definition) is 0. The van der Waals surface area contributed by atoms with Crippen LogP contribution in [0.5, 0.6) is 5.75 Å². The molecule has 4 rings (SSSR count). The number of ether oxygens (including phenoxy) is 3. The molecule has 1 aliphatic rings. The van der Waals surface area contributed by atoms with Gasteiger partial charge in [0, 0.05) is 23.7 Å². The molecule has 1 aromatic carbocycles. The number of thiazole rings is 1. The van der Waals surface area contributed by atoms with Gasteiger partial charge in [-0.25, -0.2) is 4.98 Å². The van der Waals surface area contributed by atoms with E-state index in [0.717, 1.165) is 34.8 Å². The highest BCUT2D eigenvalue weighted by molar-refractivity contribution is 7.13. The molecule has 0 aliphatic carbocycles. The molecule has 0 saturated heterocycles. The molecule has 9 heteroatoms. The zero-order chi connectivity index (χ0) is 23.0. The van der Waals surface area contributed by atoms with Crippen LogP contribution >= 0.6 is 11.3 Å². The molecule has 0 saturated carbocycles. The summed E-state index contributed by atoms with van der Waals surface area (Å²) in [7, 11) is 0. The monoisotopic (exact) mass is 467 g/mol. The Kier molecular flexibility index (Phi) is 7.64. The van der Waals surface area contributed by atoms with E-state index in [1.807, 2.05) is 35.7 Å². The number of esters is 1. The predicted molar refractivity (Wildman–Crippen MR) is 125 cm³/mol. The van der Waals surface area contributed by atoms with Crippen LogP contribution in [-0.2, 0) is 19.1 Å². The Bertz CT molecular complexity index is 1100. The van der Waals surface area contributed by atoms with Crippen LogP contribution in [0.2, 0.25) is 0 Å². The van der Waals surface area contributed by atoms with Gasteiger partial charge in [0.25, 0.3) is 5.91 Å². The summed E-state index contributed by atoms with van der Waals surface area (Å²) < 4.78 is 16.2. The van der Waals surface area contributed by atoms with Gasteiger partial charge in [-0.05, 0) is 36.8 Å². The van der Waals surface area contributed by atoms with E-state index >= 15 is 0 Å². The highest BCUT2D eigenvalue weighted by atomic mass is 32.1. The van der Waals surface area contributed by atoms with Crippen LogP contribution in [0, 0.1) is 0 Å². The van der Waals surface area contributed by atoms with Gasteiger partial charge >= 0.3 is 5.97 Å². The third-order valence-corrected chi connectivity index (χ3v) is 5.87. The number of rotatable bonds is 10. The number of fused-ring (bicyclic) bond motifs is 1. The van der Waals surface area contributed by atoms with Crippen molar-refractivity contribution in [3.63, 3.8) is 0 Å². The minimum atomic E-state index is -0.494. The summed E-state index contributed by atoms with van der Waals surface area (Å²) in [5.74, 6) is -0.260. The van der Waals surface area contributed by atoms with E-state index in [9.17, 15) is 9.59 Å². The molecule has 33 heavy (non-hydrogen) atoms. The van der Waals surface area contributed by atoms with Gasteiger partial charge < -0.3 is 14.2 Å². The van der Waals surface area contributed by atoms with Gasteiger partial charge in [0.05, 0.1) is 23.7 Å². The van der Waals surface area contributed by atoms with Crippen molar-refractivity contribution < 1.29 is 23.8 Å². The summed E-state index contributed by atoms with van der Waals surface area (Å²) in [5.41, 5.74) is 2.89. The van der Waals surface area contributed by atoms with Crippen molar-refractivity contribution in [1.29, 1.82) is 0 Å². The fourth-order valence-electron chi connectivity index (χ4n) is 3.29. The maximum atomic E-state index is 12.5. The van der Waals surface area contributed by atoms with Gasteiger partial charge in [-0.1, -0.05) is 19.4 Å². The molecule has 0 N–H and O–H groups in total. The maximum Gasteiger partial charge on any atom is 0.326 e. The van der Waals surface area contributed by atoms with Crippen molar-refractivity contribution in [2.75, 3.05) is 37.9 Å². The Morgan fingerprint density at radius 1 is 1.18 bits per heavy atom. The fraction of sp³-hybridized carbons (Fsp3) is 0.333. The number of nitrogens with zero attached hydrogens (tertiary/aromatic N) is 3. The molecular formula is C24H25N3O5S. The third-order valence-electron chi connectivity index (χ3n) is 5.01. The summed E-state index contributed by atoms with van der Waals surface area (Å²) in [6.07, 6.45) is 3.75. The van der Waals surface area contributed by atoms with Crippen LogP contribution in [0.1, 0.15) is 19.8 Å². The largest absolute Gasteiger partial charge is 0.482 e. The summed E-state index contributed by atoms with van der Waals surface area (Å²) in [5, 5.41) is 2.74. The second-order valence-corrected chi connectivity index (χ2v) is 8.25. The number of amides is 1. The zero-order valence-corrected chi connectivity index (χ0v) is 19.2. The van der Waals surface area contributed by atoms with Crippen LogP contribution < -0.4 is 9.64 Å². The van der Waals surface area contributed by atoms with E-state index in [1.165, 1.54) is 16.2 Å². The Morgan fingerprint density at radius 2 is 2.09 bits per heavy atom. The van der Waals surface area contributed by atoms with Crippen molar-refractivity contribution >= 4 is 28.9 Å². The lowest BCUT2D eigenvalue weighted by molar-refractivity contribution is -0.144. The average molecular weight is 468 g/mol. The Balaban J connectivity index is 1.46. The van der Waals surface area contributed by atoms with Crippen molar-refractivity contribution in [1.82, 2.24) is 9.97 Å². The molecule has 172 valence electrons. The number of aromatic nitrogens is 2. The Morgan fingerprint density at radius 3 is 2.91 bits per heavy atom. The molecule has 1 aliphatic heterocycles. The van der Waals surface area contributed by atoms with E-state index in [-0.39, 0.29) is 25.7 Å². The van der Waals surface area contributed by atoms with Crippen molar-refractivity contribution in [2.45, 2.75) is 19.8 Å². The number of carbonyl (C=O) groups is 2. The predicted octanol–water partition coefficient (Wildman–Crippen LogP) is 3.96. The molecule has 0 radical (unpaired) electrons. The van der Waals surface area contributed by atoms with Gasteiger partial charge in [-0.2, -0.15) is 0 Å². The first-order chi connectivity index (χ1) is 16.2. The Hall–Kier alpha value is -3.30. The second kappa shape index (κ2) is 11.0. The molecule has 0 atom stereocenters. The minimum absolute atomic E-state index is 0.125. The first kappa shape index (κ1) is 22.9. The van der Waals surface area contributed by atoms with Crippen LogP contribution in [0.3, 0.4) is 0 Å². The lowest BCUT2D eigenvalue weighted by Gasteiger charge is -2.29. The summed E-state index contributed by atoms with van der Waals surface area (Å²) in [6.45, 7) is 2.91. The number of carbonyl (C=O) groups excluding carboxylic acids is 2. The van der Waals surface area contributed by atoms with Crippen molar-refractivity contribution in [3.8, 4) is 27.7 Å². The molecule has 3 aromatic rings. The Labute approximate surface area is 196 Å². The average Bonchev–Trinajstić information content (AvgIpc) is 3.34. The summed E-state index contributed by atoms with van der Waals surface area (Å²) >= 11 is 1.49. The maximum absolute atomic E-state index is 12.5. The molecule has 8 nitrogen and oxygen atoms in total. The van der Waals surface area contributed by atoms with E-state index in [0.29, 0.717) is 24.7 Å². The van der Waals surface area contributed by atoms with Gasteiger partial charge in [0.2, 0.25) is 0 Å². The lowest BCUT2D eigenvalue weighted by Crippen LogP contribution is -2.42. The standard InChI is InChI=1S/C24H25N3O5S/c1-2-3-10-30-11-12-31-23(29)14-27-20-13-17(7-8-21(20)32-15-22(27)28)19-16-33-24(26-19)18-6-4-5-9-25-18/h4-9,13,16H,2-3,10-12,14-15H2,1H3. The highest BCUT2D eigenvalue weighted by Gasteiger charge is 2.28. The molecule has 0 bridgehead atoms. The lowest BCUT2D eigenvalue weighted by atomic mass is 10.1. The van der Waals surface area contributed by atoms with Crippen LogP contribution in [-0.4, -0.2) is 54.8 Å². The normalized spacial score (nSPS) is 12.9. The van der Waals surface area contributed by atoms with E-state index < -0.39 is 5.97 Å². The van der Waals surface area contributed by atoms with Crippen LogP contribution in [0.25, 0.3) is 22.0 Å². The number of hydrogen-bond acceptors (Lipinski definition) is 8. The minimum Gasteiger partial charge on any atom is -0.482 e. The topological polar surface area (TPSA) is 90.9 Å². The van der Waals surface area contributed by atoms with E-state index in [2.05, 4.69) is 16.9 Å². The molecule has 3 heterocycles. The molecule has 0 fully saturated rings.